The van der Waals surface area contributed by atoms with E-state index in [1.807, 2.05) is 18.2 Å². The van der Waals surface area contributed by atoms with E-state index in [-0.39, 0.29) is 5.69 Å². The highest BCUT2D eigenvalue weighted by Gasteiger charge is 2.22. The van der Waals surface area contributed by atoms with E-state index < -0.39 is 0 Å². The van der Waals surface area contributed by atoms with Gasteiger partial charge in [-0.3, -0.25) is 4.57 Å². The summed E-state index contributed by atoms with van der Waals surface area (Å²) in [5.41, 5.74) is 2.58. The van der Waals surface area contributed by atoms with Crippen LogP contribution in [-0.4, -0.2) is 54.9 Å². The van der Waals surface area contributed by atoms with Crippen molar-refractivity contribution in [3.8, 4) is 28.6 Å². The zero-order valence-electron chi connectivity index (χ0n) is 16.4. The molecule has 0 saturated carbocycles. The number of nitrogens with zero attached hydrogens (tertiary/aromatic N) is 3. The third-order valence-electron chi connectivity index (χ3n) is 5.03. The van der Waals surface area contributed by atoms with Crippen molar-refractivity contribution in [3.05, 3.63) is 34.2 Å². The Bertz CT molecular complexity index is 859. The van der Waals surface area contributed by atoms with Crippen LogP contribution in [0.5, 0.6) is 17.4 Å². The maximum atomic E-state index is 12.5. The number of ether oxygens (including phenoxy) is 3. The second-order valence-electron chi connectivity index (χ2n) is 6.40. The number of methoxy groups -OCH3 is 2. The zero-order chi connectivity index (χ0) is 19.4. The summed E-state index contributed by atoms with van der Waals surface area (Å²) >= 11 is 0. The third-order valence-corrected chi connectivity index (χ3v) is 5.03. The molecule has 27 heavy (non-hydrogen) atoms. The highest BCUT2D eigenvalue weighted by molar-refractivity contribution is 5.70. The van der Waals surface area contributed by atoms with Crippen molar-refractivity contribution in [1.29, 1.82) is 0 Å². The molecule has 3 rings (SSSR count). The summed E-state index contributed by atoms with van der Waals surface area (Å²) in [4.78, 5) is 18.8. The number of hydrogen-bond donors (Lipinski definition) is 0. The lowest BCUT2D eigenvalue weighted by atomic mass is 9.97. The number of fused-ring (bicyclic) bond motifs is 3. The van der Waals surface area contributed by atoms with Gasteiger partial charge in [0.15, 0.2) is 11.5 Å². The van der Waals surface area contributed by atoms with Gasteiger partial charge in [-0.25, -0.2) is 4.79 Å². The van der Waals surface area contributed by atoms with Crippen LogP contribution in [0.25, 0.3) is 11.3 Å². The quantitative estimate of drug-likeness (QED) is 0.707. The van der Waals surface area contributed by atoms with Gasteiger partial charge in [0, 0.05) is 24.7 Å². The van der Waals surface area contributed by atoms with Crippen molar-refractivity contribution in [2.75, 3.05) is 40.5 Å². The molecule has 1 aliphatic rings. The first kappa shape index (κ1) is 19.2. The number of hydrogen-bond acceptors (Lipinski definition) is 6. The van der Waals surface area contributed by atoms with Gasteiger partial charge < -0.3 is 19.1 Å². The molecule has 0 bridgehead atoms. The normalized spacial score (nSPS) is 12.5. The largest absolute Gasteiger partial charge is 0.493 e. The average molecular weight is 373 g/mol. The smallest absolute Gasteiger partial charge is 0.351 e. The molecule has 0 N–H and O–H groups in total. The van der Waals surface area contributed by atoms with Gasteiger partial charge in [0.25, 0.3) is 0 Å². The van der Waals surface area contributed by atoms with Crippen LogP contribution < -0.4 is 19.9 Å². The standard InChI is InChI=1S/C20H27N3O4/c1-5-22(6-2)9-10-27-19-13-16-15-12-18(26-4)17(25-3)11-14(15)7-8-23(16)20(24)21-19/h11-13H,5-10H2,1-4H3. The van der Waals surface area contributed by atoms with Crippen molar-refractivity contribution in [1.82, 2.24) is 14.5 Å². The summed E-state index contributed by atoms with van der Waals surface area (Å²) in [6, 6.07) is 5.73. The first-order valence-electron chi connectivity index (χ1n) is 9.33. The van der Waals surface area contributed by atoms with Gasteiger partial charge in [-0.2, -0.15) is 4.98 Å². The van der Waals surface area contributed by atoms with Gasteiger partial charge >= 0.3 is 5.69 Å². The Balaban J connectivity index is 1.92. The number of rotatable bonds is 8. The van der Waals surface area contributed by atoms with Gasteiger partial charge in [-0.15, -0.1) is 0 Å². The summed E-state index contributed by atoms with van der Waals surface area (Å²) < 4.78 is 18.3. The maximum Gasteiger partial charge on any atom is 0.351 e. The molecule has 0 aliphatic carbocycles. The summed E-state index contributed by atoms with van der Waals surface area (Å²) in [5.74, 6) is 1.69. The Morgan fingerprint density at radius 1 is 1.11 bits per heavy atom. The first-order chi connectivity index (χ1) is 13.1. The summed E-state index contributed by atoms with van der Waals surface area (Å²) in [5, 5.41) is 0. The number of benzene rings is 1. The minimum Gasteiger partial charge on any atom is -0.493 e. The molecule has 7 nitrogen and oxygen atoms in total. The average Bonchev–Trinajstić information content (AvgIpc) is 2.70. The SMILES string of the molecule is CCN(CC)CCOc1cc2n(c(=O)n1)CCc1cc(OC)c(OC)cc1-2. The summed E-state index contributed by atoms with van der Waals surface area (Å²) in [6.45, 7) is 8.05. The van der Waals surface area contributed by atoms with Crippen molar-refractivity contribution < 1.29 is 14.2 Å². The molecule has 0 radical (unpaired) electrons. The molecule has 2 heterocycles. The van der Waals surface area contributed by atoms with Crippen molar-refractivity contribution >= 4 is 0 Å². The highest BCUT2D eigenvalue weighted by Crippen LogP contribution is 2.38. The summed E-state index contributed by atoms with van der Waals surface area (Å²) in [6.07, 6.45) is 0.742. The minimum atomic E-state index is -0.286. The Morgan fingerprint density at radius 3 is 2.48 bits per heavy atom. The van der Waals surface area contributed by atoms with E-state index in [1.54, 1.807) is 18.8 Å². The molecule has 1 aliphatic heterocycles. The van der Waals surface area contributed by atoms with Gasteiger partial charge in [-0.1, -0.05) is 13.8 Å². The Kier molecular flexibility index (Phi) is 6.01. The van der Waals surface area contributed by atoms with Crippen LogP contribution >= 0.6 is 0 Å². The number of likely N-dealkylation sites (N-methyl/N-ethyl adjacent to an activating group) is 1. The van der Waals surface area contributed by atoms with Gasteiger partial charge in [0.1, 0.15) is 6.61 Å². The molecule has 1 aromatic heterocycles. The summed E-state index contributed by atoms with van der Waals surface area (Å²) in [7, 11) is 3.23. The molecular formula is C20H27N3O4. The van der Waals surface area contributed by atoms with E-state index >= 15 is 0 Å². The fraction of sp³-hybridized carbons (Fsp3) is 0.500. The van der Waals surface area contributed by atoms with Crippen LogP contribution in [0, 0.1) is 0 Å². The lowest BCUT2D eigenvalue weighted by molar-refractivity contribution is 0.217. The van der Waals surface area contributed by atoms with E-state index in [0.717, 1.165) is 42.9 Å². The van der Waals surface area contributed by atoms with Crippen molar-refractivity contribution in [2.24, 2.45) is 0 Å². The predicted octanol–water partition coefficient (Wildman–Crippen LogP) is 2.20. The minimum absolute atomic E-state index is 0.286. The van der Waals surface area contributed by atoms with Gasteiger partial charge in [0.2, 0.25) is 5.88 Å². The fourth-order valence-corrected chi connectivity index (χ4v) is 3.42. The Morgan fingerprint density at radius 2 is 1.81 bits per heavy atom. The van der Waals surface area contributed by atoms with Crippen molar-refractivity contribution in [2.45, 2.75) is 26.8 Å². The van der Waals surface area contributed by atoms with E-state index in [1.165, 1.54) is 0 Å². The molecule has 2 aromatic rings. The van der Waals surface area contributed by atoms with E-state index in [2.05, 4.69) is 23.7 Å². The lowest BCUT2D eigenvalue weighted by Gasteiger charge is -2.23. The molecule has 1 aromatic carbocycles. The molecule has 0 amide bonds. The lowest BCUT2D eigenvalue weighted by Crippen LogP contribution is -2.30. The van der Waals surface area contributed by atoms with Crippen LogP contribution in [0.3, 0.4) is 0 Å². The highest BCUT2D eigenvalue weighted by atomic mass is 16.5. The van der Waals surface area contributed by atoms with E-state index in [4.69, 9.17) is 14.2 Å². The van der Waals surface area contributed by atoms with Crippen LogP contribution in [0.1, 0.15) is 19.4 Å². The van der Waals surface area contributed by atoms with Gasteiger partial charge in [-0.05, 0) is 37.2 Å². The van der Waals surface area contributed by atoms with Crippen molar-refractivity contribution in [3.63, 3.8) is 0 Å². The van der Waals surface area contributed by atoms with Crippen LogP contribution in [0.4, 0.5) is 0 Å². The van der Waals surface area contributed by atoms with Crippen LogP contribution in [-0.2, 0) is 13.0 Å². The molecular weight excluding hydrogens is 346 g/mol. The Hall–Kier alpha value is -2.54. The second kappa shape index (κ2) is 8.43. The molecule has 7 heteroatoms. The second-order valence-corrected chi connectivity index (χ2v) is 6.40. The maximum absolute atomic E-state index is 12.5. The molecule has 0 unspecified atom stereocenters. The monoisotopic (exact) mass is 373 g/mol. The number of aromatic nitrogens is 2. The molecule has 146 valence electrons. The zero-order valence-corrected chi connectivity index (χ0v) is 16.4. The molecule has 0 spiro atoms. The molecule has 0 saturated heterocycles. The third kappa shape index (κ3) is 3.93. The fourth-order valence-electron chi connectivity index (χ4n) is 3.42. The predicted molar refractivity (Wildman–Crippen MR) is 104 cm³/mol. The molecule has 0 atom stereocenters. The van der Waals surface area contributed by atoms with Gasteiger partial charge in [0.05, 0.1) is 19.9 Å². The van der Waals surface area contributed by atoms with Crippen LogP contribution in [0.15, 0.2) is 23.0 Å². The Labute approximate surface area is 159 Å². The van der Waals surface area contributed by atoms with E-state index in [0.29, 0.717) is 30.5 Å². The number of aryl methyl sites for hydroxylation is 1. The topological polar surface area (TPSA) is 65.8 Å². The van der Waals surface area contributed by atoms with Crippen LogP contribution in [0.2, 0.25) is 0 Å². The van der Waals surface area contributed by atoms with E-state index in [9.17, 15) is 4.79 Å². The molecule has 0 fully saturated rings. The first-order valence-corrected chi connectivity index (χ1v) is 9.33.